The average molecular weight is 388 g/mol. The summed E-state index contributed by atoms with van der Waals surface area (Å²) in [4.78, 5) is 12.0. The van der Waals surface area contributed by atoms with Gasteiger partial charge in [-0.15, -0.1) is 0 Å². The van der Waals surface area contributed by atoms with Gasteiger partial charge in [0.25, 0.3) is 5.91 Å². The maximum absolute atomic E-state index is 13.2. The Hall–Kier alpha value is -2.48. The lowest BCUT2D eigenvalue weighted by atomic mass is 10.1. The van der Waals surface area contributed by atoms with Crippen molar-refractivity contribution in [3.8, 4) is 0 Å². The second-order valence-corrected chi connectivity index (χ2v) is 7.96. The molecule has 2 rings (SSSR count). The van der Waals surface area contributed by atoms with Gasteiger partial charge in [-0.1, -0.05) is 61.6 Å². The predicted molar refractivity (Wildman–Crippen MR) is 106 cm³/mol. The van der Waals surface area contributed by atoms with E-state index < -0.39 is 22.0 Å². The van der Waals surface area contributed by atoms with Crippen molar-refractivity contribution in [3.63, 3.8) is 0 Å². The van der Waals surface area contributed by atoms with E-state index in [9.17, 15) is 13.2 Å². The quantitative estimate of drug-likeness (QED) is 0.413. The minimum absolute atomic E-state index is 0.0149. The number of hydroxylamine groups is 1. The molecule has 0 spiro atoms. The van der Waals surface area contributed by atoms with Gasteiger partial charge in [-0.25, -0.2) is 13.9 Å². The summed E-state index contributed by atoms with van der Waals surface area (Å²) in [5.41, 5.74) is 2.39. The van der Waals surface area contributed by atoms with Crippen LogP contribution >= 0.6 is 0 Å². The van der Waals surface area contributed by atoms with Crippen LogP contribution in [0.3, 0.4) is 0 Å². The zero-order valence-corrected chi connectivity index (χ0v) is 16.2. The highest BCUT2D eigenvalue weighted by molar-refractivity contribution is 7.89. The molecule has 2 aromatic carbocycles. The van der Waals surface area contributed by atoms with Crippen LogP contribution in [0.1, 0.15) is 20.3 Å². The molecule has 144 valence electrons. The number of amides is 1. The molecule has 0 aliphatic carbocycles. The summed E-state index contributed by atoms with van der Waals surface area (Å²) < 4.78 is 27.5. The van der Waals surface area contributed by atoms with E-state index in [1.807, 2.05) is 31.2 Å². The molecular weight excluding hydrogens is 364 g/mol. The average Bonchev–Trinajstić information content (AvgIpc) is 2.69. The van der Waals surface area contributed by atoms with Crippen LogP contribution < -0.4 is 5.48 Å². The number of fused-ring (bicyclic) bond motifs is 1. The van der Waals surface area contributed by atoms with E-state index in [1.165, 1.54) is 18.5 Å². The SMILES string of the molecule is C=CC(=CCN(C(C)C(=O)NO)S(=O)(=O)c1ccc2ccccc2c1)CC. The van der Waals surface area contributed by atoms with Gasteiger partial charge >= 0.3 is 0 Å². The minimum atomic E-state index is -3.98. The summed E-state index contributed by atoms with van der Waals surface area (Å²) in [5, 5.41) is 10.7. The van der Waals surface area contributed by atoms with Crippen molar-refractivity contribution in [1.29, 1.82) is 0 Å². The Morgan fingerprint density at radius 3 is 2.52 bits per heavy atom. The summed E-state index contributed by atoms with van der Waals surface area (Å²) in [6.07, 6.45) is 4.05. The number of sulfonamides is 1. The molecule has 0 aliphatic rings. The molecule has 0 aliphatic heterocycles. The number of carbonyl (C=O) groups is 1. The summed E-state index contributed by atoms with van der Waals surface area (Å²) in [7, 11) is -3.98. The second-order valence-electron chi connectivity index (χ2n) is 6.07. The normalized spacial score (nSPS) is 13.6. The molecule has 0 saturated carbocycles. The van der Waals surface area contributed by atoms with Gasteiger partial charge in [0.1, 0.15) is 6.04 Å². The summed E-state index contributed by atoms with van der Waals surface area (Å²) in [6, 6.07) is 11.2. The molecule has 1 atom stereocenters. The van der Waals surface area contributed by atoms with Crippen LogP contribution in [0.4, 0.5) is 0 Å². The lowest BCUT2D eigenvalue weighted by molar-refractivity contribution is -0.132. The molecule has 2 N–H and O–H groups in total. The first kappa shape index (κ1) is 20.8. The van der Waals surface area contributed by atoms with Gasteiger partial charge in [-0.3, -0.25) is 10.0 Å². The highest BCUT2D eigenvalue weighted by Gasteiger charge is 2.32. The Kier molecular flexibility index (Phi) is 6.90. The molecule has 2 aromatic rings. The smallest absolute Gasteiger partial charge is 0.261 e. The molecule has 0 bridgehead atoms. The summed E-state index contributed by atoms with van der Waals surface area (Å²) in [5.74, 6) is -0.801. The molecule has 1 amide bonds. The van der Waals surface area contributed by atoms with Crippen LogP contribution in [0.25, 0.3) is 10.8 Å². The Labute approximate surface area is 159 Å². The van der Waals surface area contributed by atoms with Gasteiger partial charge in [-0.05, 0) is 36.2 Å². The molecule has 0 heterocycles. The lowest BCUT2D eigenvalue weighted by Crippen LogP contribution is -2.47. The number of allylic oxidation sites excluding steroid dienone is 2. The topological polar surface area (TPSA) is 86.7 Å². The molecule has 0 aromatic heterocycles. The standard InChI is InChI=1S/C20H24N2O4S/c1-4-16(5-2)12-13-22(15(3)20(23)21-24)27(25,26)19-11-10-17-8-6-7-9-18(17)14-19/h4,6-12,14-15,24H,1,5,13H2,2-3H3,(H,21,23). The van der Waals surface area contributed by atoms with Crippen LogP contribution in [-0.2, 0) is 14.8 Å². The van der Waals surface area contributed by atoms with Crippen molar-refractivity contribution in [2.75, 3.05) is 6.54 Å². The third kappa shape index (κ3) is 4.63. The molecule has 0 saturated heterocycles. The molecule has 0 radical (unpaired) electrons. The molecule has 7 heteroatoms. The first-order chi connectivity index (χ1) is 12.8. The highest BCUT2D eigenvalue weighted by Crippen LogP contribution is 2.23. The number of nitrogens with one attached hydrogen (secondary N) is 1. The fraction of sp³-hybridized carbons (Fsp3) is 0.250. The zero-order chi connectivity index (χ0) is 20.0. The van der Waals surface area contributed by atoms with Gasteiger partial charge in [0.2, 0.25) is 10.0 Å². The number of nitrogens with zero attached hydrogens (tertiary/aromatic N) is 1. The summed E-state index contributed by atoms with van der Waals surface area (Å²) >= 11 is 0. The number of carbonyl (C=O) groups excluding carboxylic acids is 1. The van der Waals surface area contributed by atoms with Gasteiger partial charge in [0.15, 0.2) is 0 Å². The van der Waals surface area contributed by atoms with Gasteiger partial charge in [0, 0.05) is 6.54 Å². The Balaban J connectivity index is 2.51. The Bertz CT molecular complexity index is 967. The third-order valence-electron chi connectivity index (χ3n) is 4.45. The van der Waals surface area contributed by atoms with E-state index in [-0.39, 0.29) is 11.4 Å². The molecule has 1 unspecified atom stereocenters. The van der Waals surface area contributed by atoms with Crippen molar-refractivity contribution >= 4 is 26.7 Å². The van der Waals surface area contributed by atoms with E-state index in [4.69, 9.17) is 5.21 Å². The number of benzene rings is 2. The molecule has 0 fully saturated rings. The van der Waals surface area contributed by atoms with E-state index in [1.54, 1.807) is 24.3 Å². The molecular formula is C20H24N2O4S. The number of rotatable bonds is 8. The van der Waals surface area contributed by atoms with Gasteiger partial charge in [-0.2, -0.15) is 4.31 Å². The maximum Gasteiger partial charge on any atom is 0.261 e. The van der Waals surface area contributed by atoms with E-state index >= 15 is 0 Å². The first-order valence-electron chi connectivity index (χ1n) is 8.61. The largest absolute Gasteiger partial charge is 0.289 e. The van der Waals surface area contributed by atoms with E-state index in [0.29, 0.717) is 6.42 Å². The first-order valence-corrected chi connectivity index (χ1v) is 10.0. The second kappa shape index (κ2) is 8.94. The number of hydrogen-bond acceptors (Lipinski definition) is 4. The predicted octanol–water partition coefficient (Wildman–Crippen LogP) is 3.25. The van der Waals surface area contributed by atoms with Crippen LogP contribution in [0.15, 0.2) is 71.7 Å². The number of hydrogen-bond donors (Lipinski definition) is 2. The highest BCUT2D eigenvalue weighted by atomic mass is 32.2. The fourth-order valence-corrected chi connectivity index (χ4v) is 4.30. The van der Waals surface area contributed by atoms with Crippen molar-refractivity contribution in [2.24, 2.45) is 0 Å². The van der Waals surface area contributed by atoms with Gasteiger partial charge < -0.3 is 0 Å². The van der Waals surface area contributed by atoms with Crippen LogP contribution in [0, 0.1) is 0 Å². The van der Waals surface area contributed by atoms with Crippen LogP contribution in [0.5, 0.6) is 0 Å². The van der Waals surface area contributed by atoms with Crippen LogP contribution in [0.2, 0.25) is 0 Å². The third-order valence-corrected chi connectivity index (χ3v) is 6.39. The van der Waals surface area contributed by atoms with Crippen molar-refractivity contribution in [1.82, 2.24) is 9.79 Å². The lowest BCUT2D eigenvalue weighted by Gasteiger charge is -2.26. The van der Waals surface area contributed by atoms with Crippen molar-refractivity contribution < 1.29 is 18.4 Å². The van der Waals surface area contributed by atoms with Crippen molar-refractivity contribution in [3.05, 3.63) is 66.8 Å². The van der Waals surface area contributed by atoms with Crippen LogP contribution in [-0.4, -0.2) is 36.4 Å². The van der Waals surface area contributed by atoms with E-state index in [2.05, 4.69) is 6.58 Å². The Morgan fingerprint density at radius 2 is 1.93 bits per heavy atom. The fourth-order valence-electron chi connectivity index (χ4n) is 2.73. The molecule has 6 nitrogen and oxygen atoms in total. The summed E-state index contributed by atoms with van der Waals surface area (Å²) in [6.45, 7) is 7.05. The van der Waals surface area contributed by atoms with E-state index in [0.717, 1.165) is 20.7 Å². The van der Waals surface area contributed by atoms with Crippen molar-refractivity contribution in [2.45, 2.75) is 31.2 Å². The monoisotopic (exact) mass is 388 g/mol. The maximum atomic E-state index is 13.2. The Morgan fingerprint density at radius 1 is 1.26 bits per heavy atom. The van der Waals surface area contributed by atoms with Gasteiger partial charge in [0.05, 0.1) is 4.90 Å². The minimum Gasteiger partial charge on any atom is -0.289 e. The molecule has 27 heavy (non-hydrogen) atoms. The zero-order valence-electron chi connectivity index (χ0n) is 15.4.